The fraction of sp³-hybridized carbons (Fsp3) is 0.467. The molecule has 0 radical (unpaired) electrons. The van der Waals surface area contributed by atoms with E-state index in [1.165, 1.54) is 12.1 Å². The summed E-state index contributed by atoms with van der Waals surface area (Å²) in [7, 11) is 0. The van der Waals surface area contributed by atoms with Gasteiger partial charge in [0.2, 0.25) is 5.89 Å². The first-order chi connectivity index (χ1) is 10.9. The molecule has 1 aliphatic rings. The Morgan fingerprint density at radius 2 is 2.09 bits per heavy atom. The van der Waals surface area contributed by atoms with Crippen LogP contribution in [0, 0.1) is 6.92 Å². The second-order valence-corrected chi connectivity index (χ2v) is 5.40. The summed E-state index contributed by atoms with van der Waals surface area (Å²) in [6.07, 6.45) is -4.38. The molecule has 8 heteroatoms. The number of benzene rings is 1. The number of rotatable bonds is 3. The lowest BCUT2D eigenvalue weighted by molar-refractivity contribution is -0.138. The first kappa shape index (κ1) is 15.9. The van der Waals surface area contributed by atoms with Crippen LogP contribution in [-0.4, -0.2) is 34.8 Å². The molecule has 5 nitrogen and oxygen atoms in total. The zero-order valence-electron chi connectivity index (χ0n) is 12.5. The van der Waals surface area contributed by atoms with Crippen LogP contribution in [0.3, 0.4) is 0 Å². The van der Waals surface area contributed by atoms with E-state index in [0.29, 0.717) is 31.5 Å². The van der Waals surface area contributed by atoms with Crippen molar-refractivity contribution in [3.8, 4) is 0 Å². The highest BCUT2D eigenvalue weighted by Gasteiger charge is 2.35. The minimum absolute atomic E-state index is 0.144. The molecule has 2 aromatic rings. The molecular formula is C15H16F3N3O2. The Labute approximate surface area is 131 Å². The molecule has 0 aliphatic carbocycles. The van der Waals surface area contributed by atoms with E-state index < -0.39 is 11.7 Å². The summed E-state index contributed by atoms with van der Waals surface area (Å²) in [6.45, 7) is 3.11. The van der Waals surface area contributed by atoms with Crippen molar-refractivity contribution in [1.82, 2.24) is 15.0 Å². The van der Waals surface area contributed by atoms with Crippen molar-refractivity contribution in [3.63, 3.8) is 0 Å². The number of nitrogens with zero attached hydrogens (tertiary/aromatic N) is 3. The quantitative estimate of drug-likeness (QED) is 0.867. The molecule has 3 rings (SSSR count). The van der Waals surface area contributed by atoms with Crippen LogP contribution in [0.25, 0.3) is 0 Å². The van der Waals surface area contributed by atoms with Gasteiger partial charge in [0, 0.05) is 13.1 Å². The SMILES string of the molecule is Cc1noc(C2COCCN2Cc2ccccc2C(F)(F)F)n1. The Balaban J connectivity index is 1.86. The third-order valence-electron chi connectivity index (χ3n) is 3.76. The van der Waals surface area contributed by atoms with Crippen LogP contribution < -0.4 is 0 Å². The summed E-state index contributed by atoms with van der Waals surface area (Å²) >= 11 is 0. The summed E-state index contributed by atoms with van der Waals surface area (Å²) < 4.78 is 50.0. The van der Waals surface area contributed by atoms with E-state index in [9.17, 15) is 13.2 Å². The summed E-state index contributed by atoms with van der Waals surface area (Å²) in [4.78, 5) is 6.05. The zero-order chi connectivity index (χ0) is 16.4. The van der Waals surface area contributed by atoms with E-state index >= 15 is 0 Å². The topological polar surface area (TPSA) is 51.4 Å². The molecule has 23 heavy (non-hydrogen) atoms. The maximum Gasteiger partial charge on any atom is 0.416 e. The lowest BCUT2D eigenvalue weighted by atomic mass is 10.1. The number of hydrogen-bond donors (Lipinski definition) is 0. The van der Waals surface area contributed by atoms with Crippen LogP contribution in [0.5, 0.6) is 0 Å². The predicted octanol–water partition coefficient (Wildman–Crippen LogP) is 2.97. The van der Waals surface area contributed by atoms with Gasteiger partial charge >= 0.3 is 6.18 Å². The van der Waals surface area contributed by atoms with Gasteiger partial charge in [0.15, 0.2) is 5.82 Å². The van der Waals surface area contributed by atoms with Crippen molar-refractivity contribution in [2.75, 3.05) is 19.8 Å². The molecule has 0 spiro atoms. The van der Waals surface area contributed by atoms with E-state index in [0.717, 1.165) is 6.07 Å². The van der Waals surface area contributed by atoms with Crippen molar-refractivity contribution in [1.29, 1.82) is 0 Å². The molecule has 0 bridgehead atoms. The van der Waals surface area contributed by atoms with Crippen molar-refractivity contribution in [2.24, 2.45) is 0 Å². The summed E-state index contributed by atoms with van der Waals surface area (Å²) in [5.74, 6) is 0.855. The smallest absolute Gasteiger partial charge is 0.378 e. The minimum Gasteiger partial charge on any atom is -0.378 e. The standard InChI is InChI=1S/C15H16F3N3O2/c1-10-19-14(23-20-10)13-9-22-7-6-21(13)8-11-4-2-3-5-12(11)15(16,17)18/h2-5,13H,6-9H2,1H3. The monoisotopic (exact) mass is 327 g/mol. The van der Waals surface area contributed by atoms with E-state index in [2.05, 4.69) is 10.1 Å². The molecule has 0 amide bonds. The first-order valence-electron chi connectivity index (χ1n) is 7.22. The van der Waals surface area contributed by atoms with Gasteiger partial charge in [-0.2, -0.15) is 18.2 Å². The third-order valence-corrected chi connectivity index (χ3v) is 3.76. The highest BCUT2D eigenvalue weighted by Crippen LogP contribution is 2.34. The van der Waals surface area contributed by atoms with Crippen molar-refractivity contribution in [3.05, 3.63) is 47.1 Å². The van der Waals surface area contributed by atoms with Gasteiger partial charge in [-0.25, -0.2) is 0 Å². The average Bonchev–Trinajstić information content (AvgIpc) is 2.94. The summed E-state index contributed by atoms with van der Waals surface area (Å²) in [5.41, 5.74) is -0.393. The van der Waals surface area contributed by atoms with E-state index in [4.69, 9.17) is 9.26 Å². The molecule has 1 atom stereocenters. The number of morpholine rings is 1. The second-order valence-electron chi connectivity index (χ2n) is 5.40. The number of alkyl halides is 3. The van der Waals surface area contributed by atoms with Gasteiger partial charge in [-0.3, -0.25) is 4.90 Å². The van der Waals surface area contributed by atoms with Crippen LogP contribution in [0.2, 0.25) is 0 Å². The van der Waals surface area contributed by atoms with Gasteiger partial charge in [-0.1, -0.05) is 23.4 Å². The molecule has 0 N–H and O–H groups in total. The van der Waals surface area contributed by atoms with Crippen LogP contribution in [0.15, 0.2) is 28.8 Å². The number of ether oxygens (including phenoxy) is 1. The van der Waals surface area contributed by atoms with E-state index in [1.807, 2.05) is 4.90 Å². The number of halogens is 3. The molecule has 1 aromatic carbocycles. The summed E-state index contributed by atoms with van der Waals surface area (Å²) in [6, 6.07) is 5.25. The molecule has 1 unspecified atom stereocenters. The predicted molar refractivity (Wildman–Crippen MR) is 74.4 cm³/mol. The molecule has 1 aliphatic heterocycles. The van der Waals surface area contributed by atoms with Crippen LogP contribution in [0.4, 0.5) is 13.2 Å². The second kappa shape index (κ2) is 6.29. The highest BCUT2D eigenvalue weighted by molar-refractivity contribution is 5.29. The Bertz CT molecular complexity index is 672. The highest BCUT2D eigenvalue weighted by atomic mass is 19.4. The average molecular weight is 327 g/mol. The van der Waals surface area contributed by atoms with Gasteiger partial charge in [-0.05, 0) is 18.6 Å². The van der Waals surface area contributed by atoms with Crippen molar-refractivity contribution < 1.29 is 22.4 Å². The number of hydrogen-bond acceptors (Lipinski definition) is 5. The molecule has 2 heterocycles. The molecule has 1 fully saturated rings. The van der Waals surface area contributed by atoms with Gasteiger partial charge in [-0.15, -0.1) is 0 Å². The Morgan fingerprint density at radius 1 is 1.30 bits per heavy atom. The van der Waals surface area contributed by atoms with E-state index in [1.54, 1.807) is 13.0 Å². The normalized spacial score (nSPS) is 19.9. The van der Waals surface area contributed by atoms with Gasteiger partial charge in [0.05, 0.1) is 18.8 Å². The molecule has 1 aromatic heterocycles. The lowest BCUT2D eigenvalue weighted by Gasteiger charge is -2.33. The fourth-order valence-electron chi connectivity index (χ4n) is 2.66. The van der Waals surface area contributed by atoms with Crippen LogP contribution >= 0.6 is 0 Å². The largest absolute Gasteiger partial charge is 0.416 e. The Morgan fingerprint density at radius 3 is 2.78 bits per heavy atom. The van der Waals surface area contributed by atoms with Gasteiger partial charge in [0.1, 0.15) is 6.04 Å². The summed E-state index contributed by atoms with van der Waals surface area (Å²) in [5, 5.41) is 3.74. The van der Waals surface area contributed by atoms with Crippen LogP contribution in [0.1, 0.15) is 28.9 Å². The van der Waals surface area contributed by atoms with Crippen molar-refractivity contribution in [2.45, 2.75) is 25.7 Å². The van der Waals surface area contributed by atoms with Crippen LogP contribution in [-0.2, 0) is 17.5 Å². The van der Waals surface area contributed by atoms with E-state index in [-0.39, 0.29) is 18.2 Å². The first-order valence-corrected chi connectivity index (χ1v) is 7.22. The van der Waals surface area contributed by atoms with Crippen molar-refractivity contribution >= 4 is 0 Å². The maximum absolute atomic E-state index is 13.1. The number of aromatic nitrogens is 2. The Kier molecular flexibility index (Phi) is 4.36. The zero-order valence-corrected chi connectivity index (χ0v) is 12.5. The van der Waals surface area contributed by atoms with Gasteiger partial charge in [0.25, 0.3) is 0 Å². The minimum atomic E-state index is -4.38. The maximum atomic E-state index is 13.1. The third kappa shape index (κ3) is 3.53. The number of aryl methyl sites for hydroxylation is 1. The Hall–Kier alpha value is -1.93. The fourth-order valence-corrected chi connectivity index (χ4v) is 2.66. The molecule has 124 valence electrons. The lowest BCUT2D eigenvalue weighted by Crippen LogP contribution is -2.39. The molecular weight excluding hydrogens is 311 g/mol. The molecule has 0 saturated carbocycles. The van der Waals surface area contributed by atoms with Gasteiger partial charge < -0.3 is 9.26 Å². The molecule has 1 saturated heterocycles.